The van der Waals surface area contributed by atoms with Gasteiger partial charge in [0.1, 0.15) is 22.9 Å². The maximum atomic E-state index is 13.7. The quantitative estimate of drug-likeness (QED) is 0.0719. The van der Waals surface area contributed by atoms with E-state index in [1.165, 1.54) is 58.5 Å². The molecule has 2 amide bonds. The van der Waals surface area contributed by atoms with Gasteiger partial charge in [0.25, 0.3) is 32.1 Å². The summed E-state index contributed by atoms with van der Waals surface area (Å²) in [5, 5.41) is 11.5. The van der Waals surface area contributed by atoms with Crippen LogP contribution >= 0.6 is 0 Å². The first-order chi connectivity index (χ1) is 29.3. The Balaban J connectivity index is 0.933. The molecule has 2 aliphatic rings. The van der Waals surface area contributed by atoms with Gasteiger partial charge in [-0.25, -0.2) is 0 Å². The van der Waals surface area contributed by atoms with Gasteiger partial charge in [-0.1, -0.05) is 84.9 Å². The predicted molar refractivity (Wildman–Crippen MR) is 228 cm³/mol. The molecule has 0 spiro atoms. The number of anilines is 2. The lowest BCUT2D eigenvalue weighted by molar-refractivity contribution is -0.115. The molecule has 0 aromatic heterocycles. The molecule has 14 nitrogen and oxygen atoms in total. The van der Waals surface area contributed by atoms with Gasteiger partial charge in [-0.3, -0.25) is 18.7 Å². The van der Waals surface area contributed by atoms with E-state index in [4.69, 9.17) is 9.47 Å². The second-order valence-electron chi connectivity index (χ2n) is 13.5. The molecule has 8 rings (SSSR count). The fourth-order valence-corrected chi connectivity index (χ4v) is 7.36. The molecule has 2 N–H and O–H groups in total. The van der Waals surface area contributed by atoms with Crippen molar-refractivity contribution in [1.82, 2.24) is 0 Å². The van der Waals surface area contributed by atoms with Gasteiger partial charge in [0.05, 0.1) is 32.3 Å². The van der Waals surface area contributed by atoms with E-state index in [0.717, 1.165) is 0 Å². The summed E-state index contributed by atoms with van der Waals surface area (Å²) in [6, 6.07) is 42.7. The Morgan fingerprint density at radius 1 is 0.475 bits per heavy atom. The van der Waals surface area contributed by atoms with E-state index in [9.17, 15) is 35.5 Å². The monoisotopic (exact) mass is 852 g/mol. The SMILES string of the molecule is O=C1/C(=C\c2ccc(OCOc3ccc(/C=C4/C(=O)N(c5ccc(S(=O)(=O)O)cc5)N=C4c4ccccc4)cc3)cc2)C(c2ccccc2)=NN1c1ccc(S(=O)(=O)O)cc1. The Bertz CT molecular complexity index is 2780. The maximum Gasteiger partial charge on any atom is 0.294 e. The van der Waals surface area contributed by atoms with E-state index in [2.05, 4.69) is 10.2 Å². The minimum atomic E-state index is -4.41. The van der Waals surface area contributed by atoms with E-state index < -0.39 is 32.1 Å². The van der Waals surface area contributed by atoms with Crippen LogP contribution in [0, 0.1) is 0 Å². The number of nitrogens with zero attached hydrogens (tertiary/aromatic N) is 4. The molecule has 2 heterocycles. The van der Waals surface area contributed by atoms with Crippen molar-refractivity contribution in [3.63, 3.8) is 0 Å². The largest absolute Gasteiger partial charge is 0.458 e. The molecule has 0 radical (unpaired) electrons. The molecule has 0 atom stereocenters. The van der Waals surface area contributed by atoms with Crippen molar-refractivity contribution in [2.75, 3.05) is 16.8 Å². The van der Waals surface area contributed by atoms with Gasteiger partial charge in [-0.15, -0.1) is 0 Å². The molecule has 0 saturated heterocycles. The summed E-state index contributed by atoms with van der Waals surface area (Å²) in [4.78, 5) is 26.8. The number of rotatable bonds is 12. The summed E-state index contributed by atoms with van der Waals surface area (Å²) in [5.74, 6) is 0.149. The molecule has 0 fully saturated rings. The van der Waals surface area contributed by atoms with Gasteiger partial charge in [-0.05, 0) is 96.1 Å². The minimum absolute atomic E-state index is 0.121. The van der Waals surface area contributed by atoms with Crippen LogP contribution in [-0.2, 0) is 29.8 Å². The second kappa shape index (κ2) is 16.6. The van der Waals surface area contributed by atoms with Crippen molar-refractivity contribution in [2.24, 2.45) is 10.2 Å². The zero-order valence-electron chi connectivity index (χ0n) is 31.6. The zero-order valence-corrected chi connectivity index (χ0v) is 33.3. The Kier molecular flexibility index (Phi) is 11.0. The summed E-state index contributed by atoms with van der Waals surface area (Å²) >= 11 is 0. The molecule has 0 saturated carbocycles. The van der Waals surface area contributed by atoms with Crippen LogP contribution in [0.2, 0.25) is 0 Å². The lowest BCUT2D eigenvalue weighted by Crippen LogP contribution is -2.21. The Labute approximate surface area is 350 Å². The average molecular weight is 853 g/mol. The van der Waals surface area contributed by atoms with E-state index in [0.29, 0.717) is 67.7 Å². The lowest BCUT2D eigenvalue weighted by atomic mass is 10.0. The van der Waals surface area contributed by atoms with Crippen LogP contribution in [0.5, 0.6) is 11.5 Å². The zero-order chi connectivity index (χ0) is 42.7. The van der Waals surface area contributed by atoms with E-state index in [1.807, 2.05) is 60.7 Å². The van der Waals surface area contributed by atoms with E-state index >= 15 is 0 Å². The van der Waals surface area contributed by atoms with Gasteiger partial charge in [-0.2, -0.15) is 37.1 Å². The topological polar surface area (TPSA) is 193 Å². The number of hydrogen-bond acceptors (Lipinski definition) is 10. The minimum Gasteiger partial charge on any atom is -0.458 e. The number of amides is 2. The number of hydrogen-bond donors (Lipinski definition) is 2. The maximum absolute atomic E-state index is 13.7. The molecular weight excluding hydrogens is 821 g/mol. The van der Waals surface area contributed by atoms with Gasteiger partial charge in [0.15, 0.2) is 0 Å². The van der Waals surface area contributed by atoms with Crippen LogP contribution in [0.25, 0.3) is 12.2 Å². The summed E-state index contributed by atoms with van der Waals surface area (Å²) in [6.45, 7) is -0.121. The first-order valence-corrected chi connectivity index (χ1v) is 21.2. The number of hydrazone groups is 2. The standard InChI is InChI=1S/C45H32N4O10S2/c50-44-40(42(32-7-3-1-4-8-32)46-48(44)34-15-23-38(24-16-34)60(52,53)54)27-30-11-19-36(20-12-30)58-29-59-37-21-13-31(14-22-37)28-41-43(33-9-5-2-6-10-33)47-49(45(41)51)35-17-25-39(26-18-35)61(55,56)57/h1-28H,29H2,(H,52,53,54)(H,55,56,57)/b40-27-,41-28+. The van der Waals surface area contributed by atoms with Gasteiger partial charge in [0.2, 0.25) is 6.79 Å². The molecule has 6 aromatic rings. The van der Waals surface area contributed by atoms with Crippen LogP contribution < -0.4 is 19.5 Å². The molecule has 2 aliphatic heterocycles. The summed E-state index contributed by atoms with van der Waals surface area (Å²) in [5.41, 5.74) is 4.89. The van der Waals surface area contributed by atoms with Crippen LogP contribution in [0.15, 0.2) is 189 Å². The third kappa shape index (κ3) is 8.92. The Morgan fingerprint density at radius 3 is 1.15 bits per heavy atom. The predicted octanol–water partition coefficient (Wildman–Crippen LogP) is 7.26. The van der Waals surface area contributed by atoms with Crippen LogP contribution in [-0.4, -0.2) is 56.0 Å². The number of carbonyl (C=O) groups excluding carboxylic acids is 2. The normalized spacial score (nSPS) is 15.6. The number of carbonyl (C=O) groups is 2. The van der Waals surface area contributed by atoms with Crippen LogP contribution in [0.3, 0.4) is 0 Å². The van der Waals surface area contributed by atoms with Crippen molar-refractivity contribution in [3.05, 3.63) is 191 Å². The average Bonchev–Trinajstić information content (AvgIpc) is 3.77. The molecule has 6 aromatic carbocycles. The number of benzene rings is 6. The van der Waals surface area contributed by atoms with Crippen molar-refractivity contribution in [2.45, 2.75) is 9.79 Å². The summed E-state index contributed by atoms with van der Waals surface area (Å²) < 4.78 is 76.5. The highest BCUT2D eigenvalue weighted by molar-refractivity contribution is 7.86. The molecular formula is C45H32N4O10S2. The molecule has 0 aliphatic carbocycles. The van der Waals surface area contributed by atoms with Gasteiger partial charge >= 0.3 is 0 Å². The lowest BCUT2D eigenvalue weighted by Gasteiger charge is -2.12. The fourth-order valence-electron chi connectivity index (χ4n) is 6.40. The third-order valence-corrected chi connectivity index (χ3v) is 11.2. The Hall–Kier alpha value is -7.50. The van der Waals surface area contributed by atoms with Crippen molar-refractivity contribution >= 4 is 67.0 Å². The molecule has 16 heteroatoms. The van der Waals surface area contributed by atoms with Crippen molar-refractivity contribution in [3.8, 4) is 11.5 Å². The molecule has 0 unspecified atom stereocenters. The molecule has 0 bridgehead atoms. The highest BCUT2D eigenvalue weighted by Gasteiger charge is 2.33. The molecule has 304 valence electrons. The first kappa shape index (κ1) is 40.3. The Morgan fingerprint density at radius 2 is 0.820 bits per heavy atom. The van der Waals surface area contributed by atoms with Gasteiger partial charge < -0.3 is 9.47 Å². The van der Waals surface area contributed by atoms with E-state index in [1.54, 1.807) is 60.7 Å². The highest BCUT2D eigenvalue weighted by Crippen LogP contribution is 2.31. The summed E-state index contributed by atoms with van der Waals surface area (Å²) in [6.07, 6.45) is 3.40. The smallest absolute Gasteiger partial charge is 0.294 e. The van der Waals surface area contributed by atoms with E-state index in [-0.39, 0.29) is 16.6 Å². The highest BCUT2D eigenvalue weighted by atomic mass is 32.2. The van der Waals surface area contributed by atoms with Crippen LogP contribution in [0.4, 0.5) is 11.4 Å². The van der Waals surface area contributed by atoms with Gasteiger partial charge in [0, 0.05) is 11.1 Å². The fraction of sp³-hybridized carbons (Fsp3) is 0.0222. The summed E-state index contributed by atoms with van der Waals surface area (Å²) in [7, 11) is -8.83. The van der Waals surface area contributed by atoms with Crippen molar-refractivity contribution < 1.29 is 45.0 Å². The first-order valence-electron chi connectivity index (χ1n) is 18.3. The number of ether oxygens (including phenoxy) is 2. The third-order valence-electron chi connectivity index (χ3n) is 9.44. The molecule has 61 heavy (non-hydrogen) atoms. The van der Waals surface area contributed by atoms with Crippen molar-refractivity contribution in [1.29, 1.82) is 0 Å². The second-order valence-corrected chi connectivity index (χ2v) is 16.3. The van der Waals surface area contributed by atoms with Crippen LogP contribution in [0.1, 0.15) is 22.3 Å².